The Morgan fingerprint density at radius 3 is 2.40 bits per heavy atom. The maximum absolute atomic E-state index is 13.7. The highest BCUT2D eigenvalue weighted by atomic mass is 16.6. The van der Waals surface area contributed by atoms with E-state index < -0.39 is 76.3 Å². The Morgan fingerprint density at radius 2 is 1.73 bits per heavy atom. The first-order valence-corrected chi connectivity index (χ1v) is 16.4. The SMILES string of the molecule is CCCCC/C=C\CCC(=O)O[C@@H]1[C@@H](C)[C@@]2(O)[C@@H](C=C(CO)C[C@]3(O)C(=O)C(C)=C[C@@H]23)[C@@H]2C(C)(C)[C@]12OC(=O)c1ccccc1. The predicted octanol–water partition coefficient (Wildman–Crippen LogP) is 5.26. The highest BCUT2D eigenvalue weighted by Crippen LogP contribution is 2.77. The van der Waals surface area contributed by atoms with Crippen molar-refractivity contribution in [3.05, 3.63) is 71.3 Å². The zero-order valence-corrected chi connectivity index (χ0v) is 27.1. The van der Waals surface area contributed by atoms with Crippen LogP contribution in [0.5, 0.6) is 0 Å². The average molecular weight is 621 g/mol. The summed E-state index contributed by atoms with van der Waals surface area (Å²) in [5.41, 5.74) is -4.68. The number of aliphatic hydroxyl groups excluding tert-OH is 1. The van der Waals surface area contributed by atoms with Crippen molar-refractivity contribution in [1.29, 1.82) is 0 Å². The van der Waals surface area contributed by atoms with Crippen LogP contribution in [0.2, 0.25) is 0 Å². The highest BCUT2D eigenvalue weighted by molar-refractivity contribution is 6.04. The number of benzene rings is 1. The topological polar surface area (TPSA) is 130 Å². The summed E-state index contributed by atoms with van der Waals surface area (Å²) in [6, 6.07) is 8.61. The molecule has 45 heavy (non-hydrogen) atoms. The van der Waals surface area contributed by atoms with Gasteiger partial charge < -0.3 is 24.8 Å². The molecule has 1 aromatic carbocycles. The van der Waals surface area contributed by atoms with Gasteiger partial charge in [0.2, 0.25) is 0 Å². The van der Waals surface area contributed by atoms with Gasteiger partial charge in [0, 0.05) is 41.9 Å². The minimum atomic E-state index is -1.96. The van der Waals surface area contributed by atoms with E-state index in [4.69, 9.17) is 9.47 Å². The number of ether oxygens (including phenoxy) is 2. The molecule has 3 N–H and O–H groups in total. The molecular weight excluding hydrogens is 572 g/mol. The lowest BCUT2D eigenvalue weighted by Crippen LogP contribution is -2.66. The predicted molar refractivity (Wildman–Crippen MR) is 169 cm³/mol. The quantitative estimate of drug-likeness (QED) is 0.174. The van der Waals surface area contributed by atoms with Crippen LogP contribution in [-0.2, 0) is 19.1 Å². The van der Waals surface area contributed by atoms with Gasteiger partial charge in [0.15, 0.2) is 11.4 Å². The van der Waals surface area contributed by atoms with Crippen molar-refractivity contribution < 1.29 is 39.2 Å². The Kier molecular flexibility index (Phi) is 9.08. The molecule has 2 fully saturated rings. The third kappa shape index (κ3) is 5.23. The van der Waals surface area contributed by atoms with Crippen LogP contribution in [0, 0.1) is 29.1 Å². The molecule has 8 atom stereocenters. The zero-order valence-electron chi connectivity index (χ0n) is 27.1. The standard InChI is InChI=1S/C37H48O8/c1-6-7-8-9-10-11-15-18-29(39)44-32-24(3)36(43)27(20-25(22-38)21-35(42)28(36)19-23(2)31(35)40)30-34(4,5)37(30,32)45-33(41)26-16-13-12-14-17-26/h10-14,16-17,19-20,24,27-28,30,32,38,42-43H,6-9,15,18,21-22H2,1-5H3/b11-10-/t24-,27+,28-,30-,32-,35-,36-,37-/m1/s1. The van der Waals surface area contributed by atoms with Gasteiger partial charge >= 0.3 is 11.9 Å². The number of allylic oxidation sites excluding steroid dienone is 2. The lowest BCUT2D eigenvalue weighted by molar-refractivity contribution is -0.221. The summed E-state index contributed by atoms with van der Waals surface area (Å²) in [5.74, 6) is -4.68. The van der Waals surface area contributed by atoms with E-state index in [0.29, 0.717) is 23.1 Å². The van der Waals surface area contributed by atoms with Crippen LogP contribution in [0.25, 0.3) is 0 Å². The van der Waals surface area contributed by atoms with Gasteiger partial charge in [-0.15, -0.1) is 0 Å². The number of hydrogen-bond donors (Lipinski definition) is 3. The fraction of sp³-hybridized carbons (Fsp3) is 0.595. The Morgan fingerprint density at radius 1 is 1.04 bits per heavy atom. The maximum atomic E-state index is 13.7. The van der Waals surface area contributed by atoms with Crippen molar-refractivity contribution in [3.8, 4) is 0 Å². The number of unbranched alkanes of at least 4 members (excludes halogenated alkanes) is 3. The second-order valence-corrected chi connectivity index (χ2v) is 14.1. The summed E-state index contributed by atoms with van der Waals surface area (Å²) in [5, 5.41) is 35.1. The van der Waals surface area contributed by atoms with Gasteiger partial charge in [0.1, 0.15) is 11.7 Å². The normalized spacial score (nSPS) is 36.3. The van der Waals surface area contributed by atoms with E-state index in [1.165, 1.54) is 0 Å². The highest BCUT2D eigenvalue weighted by Gasteiger charge is 2.88. The van der Waals surface area contributed by atoms with Gasteiger partial charge in [-0.3, -0.25) is 9.59 Å². The Hall–Kier alpha value is -3.07. The molecular formula is C37H48O8. The first-order valence-electron chi connectivity index (χ1n) is 16.4. The summed E-state index contributed by atoms with van der Waals surface area (Å²) in [6.45, 7) is 8.96. The maximum Gasteiger partial charge on any atom is 0.338 e. The molecule has 0 radical (unpaired) electrons. The van der Waals surface area contributed by atoms with Crippen molar-refractivity contribution in [2.75, 3.05) is 6.61 Å². The lowest BCUT2D eigenvalue weighted by atomic mass is 9.59. The first kappa shape index (κ1) is 33.3. The lowest BCUT2D eigenvalue weighted by Gasteiger charge is -2.53. The fourth-order valence-corrected chi connectivity index (χ4v) is 8.76. The van der Waals surface area contributed by atoms with E-state index in [9.17, 15) is 29.7 Å². The second kappa shape index (κ2) is 12.3. The largest absolute Gasteiger partial charge is 0.458 e. The van der Waals surface area contributed by atoms with Crippen molar-refractivity contribution in [3.63, 3.8) is 0 Å². The molecule has 5 rings (SSSR count). The minimum absolute atomic E-state index is 0.114. The van der Waals surface area contributed by atoms with Crippen LogP contribution >= 0.6 is 0 Å². The molecule has 4 aliphatic carbocycles. The van der Waals surface area contributed by atoms with Gasteiger partial charge in [-0.2, -0.15) is 0 Å². The monoisotopic (exact) mass is 620 g/mol. The number of fused-ring (bicyclic) bond motifs is 5. The van der Waals surface area contributed by atoms with E-state index in [2.05, 4.69) is 13.0 Å². The fourth-order valence-electron chi connectivity index (χ4n) is 8.76. The zero-order chi connectivity index (χ0) is 32.8. The molecule has 0 spiro atoms. The van der Waals surface area contributed by atoms with Gasteiger partial charge in [0.25, 0.3) is 0 Å². The number of carbonyl (C=O) groups is 3. The van der Waals surface area contributed by atoms with Crippen molar-refractivity contribution in [2.45, 2.75) is 102 Å². The van der Waals surface area contributed by atoms with Gasteiger partial charge in [0.05, 0.1) is 17.8 Å². The van der Waals surface area contributed by atoms with Crippen molar-refractivity contribution >= 4 is 17.7 Å². The van der Waals surface area contributed by atoms with E-state index >= 15 is 0 Å². The molecule has 0 amide bonds. The molecule has 0 aromatic heterocycles. The molecule has 0 heterocycles. The third-order valence-corrected chi connectivity index (χ3v) is 11.1. The van der Waals surface area contributed by atoms with Crippen LogP contribution in [0.4, 0.5) is 0 Å². The molecule has 0 aliphatic heterocycles. The van der Waals surface area contributed by atoms with Crippen LogP contribution in [-0.4, -0.2) is 62.6 Å². The Balaban J connectivity index is 1.55. The van der Waals surface area contributed by atoms with E-state index in [0.717, 1.165) is 25.7 Å². The molecule has 0 bridgehead atoms. The Labute approximate surface area is 266 Å². The van der Waals surface area contributed by atoms with Crippen LogP contribution < -0.4 is 0 Å². The van der Waals surface area contributed by atoms with Crippen LogP contribution in [0.3, 0.4) is 0 Å². The number of hydrogen-bond acceptors (Lipinski definition) is 8. The first-order chi connectivity index (χ1) is 21.3. The number of Topliss-reactive ketones (excluding diaryl/α,β-unsaturated/α-hetero) is 1. The smallest absolute Gasteiger partial charge is 0.338 e. The van der Waals surface area contributed by atoms with E-state index in [1.807, 2.05) is 19.9 Å². The Bertz CT molecular complexity index is 1410. The van der Waals surface area contributed by atoms with Crippen LogP contribution in [0.1, 0.15) is 89.9 Å². The van der Waals surface area contributed by atoms with Gasteiger partial charge in [-0.1, -0.05) is 83.0 Å². The van der Waals surface area contributed by atoms with Crippen LogP contribution in [0.15, 0.2) is 65.8 Å². The summed E-state index contributed by atoms with van der Waals surface area (Å²) in [6.07, 6.45) is 11.2. The van der Waals surface area contributed by atoms with Gasteiger partial charge in [-0.05, 0) is 49.5 Å². The van der Waals surface area contributed by atoms with Crippen molar-refractivity contribution in [2.24, 2.45) is 29.1 Å². The number of ketones is 1. The molecule has 2 saturated carbocycles. The molecule has 1 aromatic rings. The van der Waals surface area contributed by atoms with Crippen molar-refractivity contribution in [1.82, 2.24) is 0 Å². The molecule has 8 heteroatoms. The second-order valence-electron chi connectivity index (χ2n) is 14.1. The van der Waals surface area contributed by atoms with E-state index in [-0.39, 0.29) is 12.8 Å². The number of aliphatic hydroxyl groups is 3. The average Bonchev–Trinajstić information content (AvgIpc) is 3.44. The number of rotatable bonds is 11. The molecule has 244 valence electrons. The summed E-state index contributed by atoms with van der Waals surface area (Å²) in [4.78, 5) is 40.5. The summed E-state index contributed by atoms with van der Waals surface area (Å²) < 4.78 is 12.7. The van der Waals surface area contributed by atoms with Gasteiger partial charge in [-0.25, -0.2) is 4.79 Å². The summed E-state index contributed by atoms with van der Waals surface area (Å²) >= 11 is 0. The molecule has 8 nitrogen and oxygen atoms in total. The number of carbonyl (C=O) groups excluding carboxylic acids is 3. The molecule has 0 saturated heterocycles. The minimum Gasteiger partial charge on any atom is -0.458 e. The molecule has 4 aliphatic rings. The third-order valence-electron chi connectivity index (χ3n) is 11.1. The summed E-state index contributed by atoms with van der Waals surface area (Å²) in [7, 11) is 0. The van der Waals surface area contributed by atoms with E-state index in [1.54, 1.807) is 56.3 Å². The molecule has 0 unspecified atom stereocenters. The number of esters is 2.